The number of esters is 1. The van der Waals surface area contributed by atoms with E-state index in [2.05, 4.69) is 0 Å². The molecule has 5 nitrogen and oxygen atoms in total. The molecule has 2 aromatic rings. The van der Waals surface area contributed by atoms with Gasteiger partial charge >= 0.3 is 5.97 Å². The average Bonchev–Trinajstić information content (AvgIpc) is 3.00. The van der Waals surface area contributed by atoms with E-state index in [4.69, 9.17) is 4.74 Å². The van der Waals surface area contributed by atoms with E-state index in [1.165, 1.54) is 12.1 Å². The summed E-state index contributed by atoms with van der Waals surface area (Å²) in [5.41, 5.74) is 2.57. The Balaban J connectivity index is 1.43. The molecule has 0 amide bonds. The first-order valence-electron chi connectivity index (χ1n) is 10.5. The Hall–Kier alpha value is -2.76. The highest BCUT2D eigenvalue weighted by Gasteiger charge is 2.41. The number of carbonyl (C=O) groups excluding carboxylic acids is 3. The van der Waals surface area contributed by atoms with Crippen molar-refractivity contribution in [3.8, 4) is 5.69 Å². The second-order valence-corrected chi connectivity index (χ2v) is 8.53. The summed E-state index contributed by atoms with van der Waals surface area (Å²) in [6.45, 7) is 3.31. The first kappa shape index (κ1) is 20.5. The molecule has 0 N–H and O–H groups in total. The molecule has 2 saturated carbocycles. The summed E-state index contributed by atoms with van der Waals surface area (Å²) in [4.78, 5) is 37.5. The molecule has 0 spiro atoms. The number of carbonyl (C=O) groups is 3. The molecule has 6 heteroatoms. The molecule has 2 unspecified atom stereocenters. The van der Waals surface area contributed by atoms with Gasteiger partial charge in [0, 0.05) is 34.5 Å². The highest BCUT2D eigenvalue weighted by molar-refractivity contribution is 5.99. The first-order valence-corrected chi connectivity index (χ1v) is 10.5. The van der Waals surface area contributed by atoms with Gasteiger partial charge in [-0.05, 0) is 63.8 Å². The molecule has 2 fully saturated rings. The number of ketones is 2. The Morgan fingerprint density at radius 3 is 2.50 bits per heavy atom. The summed E-state index contributed by atoms with van der Waals surface area (Å²) in [5.74, 6) is -1.08. The zero-order valence-electron chi connectivity index (χ0n) is 17.3. The lowest BCUT2D eigenvalue weighted by atomic mass is 9.67. The first-order chi connectivity index (χ1) is 14.3. The number of nitrogens with zero attached hydrogens (tertiary/aromatic N) is 1. The van der Waals surface area contributed by atoms with Gasteiger partial charge in [0.15, 0.2) is 6.61 Å². The van der Waals surface area contributed by atoms with Gasteiger partial charge in [-0.3, -0.25) is 14.4 Å². The molecular weight excluding hydrogens is 385 g/mol. The fraction of sp³-hybridized carbons (Fsp3) is 0.458. The molecule has 2 aliphatic carbocycles. The zero-order valence-corrected chi connectivity index (χ0v) is 17.3. The fourth-order valence-electron chi connectivity index (χ4n) is 5.06. The Morgan fingerprint density at radius 2 is 1.83 bits per heavy atom. The molecule has 158 valence electrons. The Kier molecular flexibility index (Phi) is 5.58. The summed E-state index contributed by atoms with van der Waals surface area (Å²) < 4.78 is 20.8. The molecule has 1 aromatic heterocycles. The Morgan fingerprint density at radius 1 is 1.13 bits per heavy atom. The van der Waals surface area contributed by atoms with Crippen molar-refractivity contribution in [2.75, 3.05) is 6.61 Å². The summed E-state index contributed by atoms with van der Waals surface area (Å²) in [7, 11) is 0. The van der Waals surface area contributed by atoms with E-state index in [-0.39, 0.29) is 41.9 Å². The summed E-state index contributed by atoms with van der Waals surface area (Å²) in [5, 5.41) is 0. The van der Waals surface area contributed by atoms with E-state index < -0.39 is 0 Å². The van der Waals surface area contributed by atoms with E-state index >= 15 is 0 Å². The van der Waals surface area contributed by atoms with Crippen LogP contribution in [0.1, 0.15) is 53.8 Å². The van der Waals surface area contributed by atoms with Crippen molar-refractivity contribution in [1.29, 1.82) is 0 Å². The molecule has 0 saturated heterocycles. The fourth-order valence-corrected chi connectivity index (χ4v) is 5.06. The molecule has 1 aromatic carbocycles. The van der Waals surface area contributed by atoms with E-state index in [0.717, 1.165) is 25.0 Å². The standard InChI is InChI=1S/C24H26FNO4/c1-14-9-21(15(2)26(14)20-8-4-7-19(25)12-20)22(27)13-30-24(29)18-10-16-5-3-6-17(11-18)23(16)28/h4,7-9,12,16-18H,3,5-6,10-11,13H2,1-2H3. The van der Waals surface area contributed by atoms with Crippen LogP contribution < -0.4 is 0 Å². The van der Waals surface area contributed by atoms with E-state index in [9.17, 15) is 18.8 Å². The molecule has 30 heavy (non-hydrogen) atoms. The maximum Gasteiger partial charge on any atom is 0.309 e. The van der Waals surface area contributed by atoms with Gasteiger partial charge in [0.25, 0.3) is 0 Å². The van der Waals surface area contributed by atoms with Gasteiger partial charge in [0.05, 0.1) is 5.92 Å². The lowest BCUT2D eigenvalue weighted by Crippen LogP contribution is -2.39. The zero-order chi connectivity index (χ0) is 21.4. The van der Waals surface area contributed by atoms with Gasteiger partial charge in [-0.2, -0.15) is 0 Å². The third-order valence-electron chi connectivity index (χ3n) is 6.52. The lowest BCUT2D eigenvalue weighted by Gasteiger charge is -2.36. The highest BCUT2D eigenvalue weighted by Crippen LogP contribution is 2.40. The number of halogens is 1. The lowest BCUT2D eigenvalue weighted by molar-refractivity contribution is -0.152. The number of fused-ring (bicyclic) bond motifs is 2. The number of benzene rings is 1. The minimum Gasteiger partial charge on any atom is -0.457 e. The maximum absolute atomic E-state index is 13.6. The van der Waals surface area contributed by atoms with E-state index in [1.54, 1.807) is 25.1 Å². The van der Waals surface area contributed by atoms with Gasteiger partial charge < -0.3 is 9.30 Å². The normalized spacial score (nSPS) is 23.3. The number of hydrogen-bond acceptors (Lipinski definition) is 4. The second-order valence-electron chi connectivity index (χ2n) is 8.53. The summed E-state index contributed by atoms with van der Waals surface area (Å²) in [6, 6.07) is 7.92. The van der Waals surface area contributed by atoms with Crippen LogP contribution in [-0.2, 0) is 14.3 Å². The monoisotopic (exact) mass is 411 g/mol. The number of ether oxygens (including phenoxy) is 1. The number of rotatable bonds is 5. The van der Waals surface area contributed by atoms with Crippen LogP contribution in [0.4, 0.5) is 4.39 Å². The smallest absolute Gasteiger partial charge is 0.309 e. The van der Waals surface area contributed by atoms with Gasteiger partial charge in [-0.25, -0.2) is 4.39 Å². The van der Waals surface area contributed by atoms with Crippen LogP contribution in [0.5, 0.6) is 0 Å². The highest BCUT2D eigenvalue weighted by atomic mass is 19.1. The summed E-state index contributed by atoms with van der Waals surface area (Å²) >= 11 is 0. The van der Waals surface area contributed by atoms with Crippen molar-refractivity contribution in [3.05, 3.63) is 53.1 Å². The molecule has 2 aliphatic rings. The number of Topliss-reactive ketones (excluding diaryl/α,β-unsaturated/α-hetero) is 2. The largest absolute Gasteiger partial charge is 0.457 e. The van der Waals surface area contributed by atoms with Crippen molar-refractivity contribution in [2.24, 2.45) is 17.8 Å². The van der Waals surface area contributed by atoms with Crippen molar-refractivity contribution < 1.29 is 23.5 Å². The molecule has 2 atom stereocenters. The minimum atomic E-state index is -0.383. The van der Waals surface area contributed by atoms with Crippen LogP contribution in [0.3, 0.4) is 0 Å². The third-order valence-corrected chi connectivity index (χ3v) is 6.52. The second kappa shape index (κ2) is 8.17. The summed E-state index contributed by atoms with van der Waals surface area (Å²) in [6.07, 6.45) is 3.82. The van der Waals surface area contributed by atoms with Gasteiger partial charge in [-0.1, -0.05) is 12.5 Å². The van der Waals surface area contributed by atoms with Crippen LogP contribution in [0.15, 0.2) is 30.3 Å². The molecule has 2 bridgehead atoms. The Labute approximate surface area is 175 Å². The predicted octanol–water partition coefficient (Wildman–Crippen LogP) is 4.35. The van der Waals surface area contributed by atoms with Crippen LogP contribution in [0, 0.1) is 37.4 Å². The maximum atomic E-state index is 13.6. The Bertz CT molecular complexity index is 993. The molecular formula is C24H26FNO4. The van der Waals surface area contributed by atoms with Crippen molar-refractivity contribution in [3.63, 3.8) is 0 Å². The minimum absolute atomic E-state index is 0.0315. The average molecular weight is 411 g/mol. The molecule has 0 aliphatic heterocycles. The van der Waals surface area contributed by atoms with E-state index in [1.807, 2.05) is 11.5 Å². The molecule has 4 rings (SSSR count). The van der Waals surface area contributed by atoms with Crippen molar-refractivity contribution in [1.82, 2.24) is 4.57 Å². The van der Waals surface area contributed by atoms with Crippen molar-refractivity contribution in [2.45, 2.75) is 46.0 Å². The van der Waals surface area contributed by atoms with Crippen LogP contribution in [-0.4, -0.2) is 28.7 Å². The number of hydrogen-bond donors (Lipinski definition) is 0. The van der Waals surface area contributed by atoms with Crippen LogP contribution in [0.25, 0.3) is 5.69 Å². The predicted molar refractivity (Wildman–Crippen MR) is 109 cm³/mol. The van der Waals surface area contributed by atoms with Gasteiger partial charge in [0.2, 0.25) is 5.78 Å². The number of aromatic nitrogens is 1. The third kappa shape index (κ3) is 3.83. The molecule has 0 radical (unpaired) electrons. The van der Waals surface area contributed by atoms with Crippen LogP contribution >= 0.6 is 0 Å². The van der Waals surface area contributed by atoms with Crippen LogP contribution in [0.2, 0.25) is 0 Å². The van der Waals surface area contributed by atoms with Gasteiger partial charge in [0.1, 0.15) is 11.6 Å². The van der Waals surface area contributed by atoms with Gasteiger partial charge in [-0.15, -0.1) is 0 Å². The molecule has 1 heterocycles. The topological polar surface area (TPSA) is 65.4 Å². The number of aryl methyl sites for hydroxylation is 1. The SMILES string of the molecule is Cc1cc(C(=O)COC(=O)C2CC3CCCC(C2)C3=O)c(C)n1-c1cccc(F)c1. The quantitative estimate of drug-likeness (QED) is 0.542. The van der Waals surface area contributed by atoms with E-state index in [0.29, 0.717) is 35.6 Å². The van der Waals surface area contributed by atoms with Crippen molar-refractivity contribution >= 4 is 17.5 Å².